The molecule has 0 aromatic heterocycles. The molecule has 20 heavy (non-hydrogen) atoms. The number of anilines is 1. The number of nitrogens with zero attached hydrogens (tertiary/aromatic N) is 2. The molecule has 1 aromatic carbocycles. The standard InChI is InChI=1S/C15H18BrN3O/c1-10-4-5-12(11(16)8-10)19-13(6-7-17)14(20)18-9-15(19,2)3/h4-5,8,13H,6,9H2,1-3H3,(H,18,20). The molecule has 2 rings (SSSR count). The van der Waals surface area contributed by atoms with Crippen LogP contribution in [0, 0.1) is 18.3 Å². The maximum atomic E-state index is 12.1. The summed E-state index contributed by atoms with van der Waals surface area (Å²) in [6.45, 7) is 6.73. The molecule has 1 atom stereocenters. The van der Waals surface area contributed by atoms with Crippen molar-refractivity contribution >= 4 is 27.5 Å². The number of nitrogens with one attached hydrogen (secondary N) is 1. The Balaban J connectivity index is 2.51. The van der Waals surface area contributed by atoms with Gasteiger partial charge in [0, 0.05) is 11.0 Å². The smallest absolute Gasteiger partial charge is 0.243 e. The molecule has 1 fully saturated rings. The van der Waals surface area contributed by atoms with E-state index in [1.165, 1.54) is 0 Å². The Morgan fingerprint density at radius 3 is 2.85 bits per heavy atom. The molecule has 0 saturated carbocycles. The van der Waals surface area contributed by atoms with Crippen LogP contribution in [-0.4, -0.2) is 24.0 Å². The SMILES string of the molecule is Cc1ccc(N2C(CC#N)C(=O)NCC2(C)C)c(Br)c1. The van der Waals surface area contributed by atoms with E-state index in [1.807, 2.05) is 25.1 Å². The molecule has 1 aliphatic rings. The molecule has 0 bridgehead atoms. The van der Waals surface area contributed by atoms with Crippen LogP contribution in [0.2, 0.25) is 0 Å². The lowest BCUT2D eigenvalue weighted by molar-refractivity contribution is -0.124. The predicted molar refractivity (Wildman–Crippen MR) is 82.5 cm³/mol. The minimum absolute atomic E-state index is 0.0849. The van der Waals surface area contributed by atoms with Gasteiger partial charge in [-0.25, -0.2) is 0 Å². The maximum Gasteiger partial charge on any atom is 0.243 e. The van der Waals surface area contributed by atoms with Gasteiger partial charge in [-0.3, -0.25) is 4.79 Å². The van der Waals surface area contributed by atoms with Crippen molar-refractivity contribution in [2.75, 3.05) is 11.4 Å². The molecular formula is C15H18BrN3O. The first-order valence-electron chi connectivity index (χ1n) is 6.57. The summed E-state index contributed by atoms with van der Waals surface area (Å²) in [6, 6.07) is 7.72. The van der Waals surface area contributed by atoms with Crippen LogP contribution in [0.1, 0.15) is 25.8 Å². The Hall–Kier alpha value is -1.54. The highest BCUT2D eigenvalue weighted by Gasteiger charge is 2.41. The molecule has 1 amide bonds. The summed E-state index contributed by atoms with van der Waals surface area (Å²) in [5.74, 6) is -0.0849. The van der Waals surface area contributed by atoms with Gasteiger partial charge in [-0.15, -0.1) is 0 Å². The van der Waals surface area contributed by atoms with Crippen LogP contribution in [0.15, 0.2) is 22.7 Å². The van der Waals surface area contributed by atoms with Crippen LogP contribution in [0.3, 0.4) is 0 Å². The van der Waals surface area contributed by atoms with Crippen LogP contribution in [0.5, 0.6) is 0 Å². The second-order valence-corrected chi connectivity index (χ2v) is 6.59. The van der Waals surface area contributed by atoms with Crippen molar-refractivity contribution in [2.24, 2.45) is 0 Å². The molecule has 0 spiro atoms. The topological polar surface area (TPSA) is 56.1 Å². The van der Waals surface area contributed by atoms with Gasteiger partial charge in [-0.05, 0) is 54.4 Å². The Labute approximate surface area is 127 Å². The minimum Gasteiger partial charge on any atom is -0.352 e. The lowest BCUT2D eigenvalue weighted by Gasteiger charge is -2.48. The van der Waals surface area contributed by atoms with Crippen LogP contribution in [-0.2, 0) is 4.79 Å². The predicted octanol–water partition coefficient (Wildman–Crippen LogP) is 2.75. The summed E-state index contributed by atoms with van der Waals surface area (Å²) in [5, 5.41) is 11.9. The summed E-state index contributed by atoms with van der Waals surface area (Å²) in [4.78, 5) is 14.2. The van der Waals surface area contributed by atoms with Crippen molar-refractivity contribution in [3.05, 3.63) is 28.2 Å². The molecule has 1 saturated heterocycles. The molecule has 0 aliphatic carbocycles. The third-order valence-electron chi connectivity index (χ3n) is 3.61. The third-order valence-corrected chi connectivity index (χ3v) is 4.24. The van der Waals surface area contributed by atoms with Gasteiger partial charge in [0.25, 0.3) is 0 Å². The molecule has 1 heterocycles. The van der Waals surface area contributed by atoms with Crippen molar-refractivity contribution in [3.8, 4) is 6.07 Å². The number of halogens is 1. The molecular weight excluding hydrogens is 318 g/mol. The van der Waals surface area contributed by atoms with Crippen LogP contribution >= 0.6 is 15.9 Å². The van der Waals surface area contributed by atoms with Crippen molar-refractivity contribution in [3.63, 3.8) is 0 Å². The lowest BCUT2D eigenvalue weighted by atomic mass is 9.93. The minimum atomic E-state index is -0.456. The molecule has 1 unspecified atom stereocenters. The quantitative estimate of drug-likeness (QED) is 0.904. The summed E-state index contributed by atoms with van der Waals surface area (Å²) in [6.07, 6.45) is 0.176. The van der Waals surface area contributed by atoms with Gasteiger partial charge in [-0.1, -0.05) is 6.07 Å². The van der Waals surface area contributed by atoms with E-state index in [9.17, 15) is 4.79 Å². The maximum absolute atomic E-state index is 12.1. The average Bonchev–Trinajstić information content (AvgIpc) is 2.36. The number of amides is 1. The fraction of sp³-hybridized carbons (Fsp3) is 0.467. The van der Waals surface area contributed by atoms with Crippen molar-refractivity contribution < 1.29 is 4.79 Å². The van der Waals surface area contributed by atoms with E-state index in [-0.39, 0.29) is 17.9 Å². The number of carbonyl (C=O) groups is 1. The second kappa shape index (κ2) is 5.45. The Morgan fingerprint density at radius 2 is 2.25 bits per heavy atom. The Morgan fingerprint density at radius 1 is 1.55 bits per heavy atom. The van der Waals surface area contributed by atoms with Crippen molar-refractivity contribution in [2.45, 2.75) is 38.8 Å². The molecule has 1 aromatic rings. The van der Waals surface area contributed by atoms with Crippen molar-refractivity contribution in [1.82, 2.24) is 5.32 Å². The summed E-state index contributed by atoms with van der Waals surface area (Å²) in [7, 11) is 0. The zero-order valence-electron chi connectivity index (χ0n) is 11.9. The lowest BCUT2D eigenvalue weighted by Crippen LogP contribution is -2.66. The van der Waals surface area contributed by atoms with E-state index in [0.717, 1.165) is 15.7 Å². The van der Waals surface area contributed by atoms with Gasteiger partial charge in [0.2, 0.25) is 5.91 Å². The highest BCUT2D eigenvalue weighted by Crippen LogP contribution is 2.36. The van der Waals surface area contributed by atoms with Gasteiger partial charge >= 0.3 is 0 Å². The summed E-state index contributed by atoms with van der Waals surface area (Å²) < 4.78 is 0.947. The first-order chi connectivity index (χ1) is 9.36. The van der Waals surface area contributed by atoms with Crippen LogP contribution in [0.25, 0.3) is 0 Å². The first-order valence-corrected chi connectivity index (χ1v) is 7.36. The second-order valence-electron chi connectivity index (χ2n) is 5.73. The van der Waals surface area contributed by atoms with Gasteiger partial charge in [0.15, 0.2) is 0 Å². The fourth-order valence-corrected chi connectivity index (χ4v) is 3.30. The zero-order chi connectivity index (χ0) is 14.9. The van der Waals surface area contributed by atoms with E-state index in [1.54, 1.807) is 0 Å². The summed E-state index contributed by atoms with van der Waals surface area (Å²) >= 11 is 3.58. The van der Waals surface area contributed by atoms with E-state index in [2.05, 4.69) is 46.1 Å². The number of piperazine rings is 1. The van der Waals surface area contributed by atoms with Gasteiger partial charge in [0.05, 0.1) is 23.7 Å². The molecule has 0 radical (unpaired) electrons. The highest BCUT2D eigenvalue weighted by molar-refractivity contribution is 9.10. The first kappa shape index (κ1) is 14.9. The largest absolute Gasteiger partial charge is 0.352 e. The number of hydrogen-bond acceptors (Lipinski definition) is 3. The normalized spacial score (nSPS) is 21.2. The third kappa shape index (κ3) is 2.66. The summed E-state index contributed by atoms with van der Waals surface area (Å²) in [5.41, 5.74) is 1.86. The van der Waals surface area contributed by atoms with Gasteiger partial charge in [-0.2, -0.15) is 5.26 Å². The van der Waals surface area contributed by atoms with E-state index < -0.39 is 6.04 Å². The number of hydrogen-bond donors (Lipinski definition) is 1. The molecule has 1 aliphatic heterocycles. The molecule has 106 valence electrons. The number of benzene rings is 1. The van der Waals surface area contributed by atoms with Crippen LogP contribution < -0.4 is 10.2 Å². The van der Waals surface area contributed by atoms with Gasteiger partial charge in [0.1, 0.15) is 6.04 Å². The number of rotatable bonds is 2. The number of aryl methyl sites for hydroxylation is 1. The average molecular weight is 336 g/mol. The molecule has 4 nitrogen and oxygen atoms in total. The Kier molecular flexibility index (Phi) is 4.05. The van der Waals surface area contributed by atoms with Crippen LogP contribution in [0.4, 0.5) is 5.69 Å². The van der Waals surface area contributed by atoms with Crippen molar-refractivity contribution in [1.29, 1.82) is 5.26 Å². The number of nitriles is 1. The Bertz CT molecular complexity index is 577. The molecule has 5 heteroatoms. The van der Waals surface area contributed by atoms with E-state index in [0.29, 0.717) is 6.54 Å². The number of carbonyl (C=O) groups excluding carboxylic acids is 1. The highest BCUT2D eigenvalue weighted by atomic mass is 79.9. The fourth-order valence-electron chi connectivity index (χ4n) is 2.62. The van der Waals surface area contributed by atoms with E-state index in [4.69, 9.17) is 5.26 Å². The zero-order valence-corrected chi connectivity index (χ0v) is 13.5. The van der Waals surface area contributed by atoms with E-state index >= 15 is 0 Å². The molecule has 1 N–H and O–H groups in total. The monoisotopic (exact) mass is 335 g/mol. The van der Waals surface area contributed by atoms with Gasteiger partial charge < -0.3 is 10.2 Å².